The molecule has 3 aromatic rings. The average Bonchev–Trinajstić information content (AvgIpc) is 3.49. The molecule has 1 saturated carbocycles. The molecule has 4 rings (SSSR count). The van der Waals surface area contributed by atoms with Crippen LogP contribution in [0.25, 0.3) is 11.4 Å². The smallest absolute Gasteiger partial charge is 0.230 e. The van der Waals surface area contributed by atoms with Crippen molar-refractivity contribution in [3.63, 3.8) is 0 Å². The zero-order chi connectivity index (χ0) is 20.4. The molecular formula is C21H20ClFN4OS. The molecule has 0 saturated heterocycles. The molecule has 0 aliphatic heterocycles. The number of aromatic nitrogens is 3. The highest BCUT2D eigenvalue weighted by atomic mass is 35.5. The van der Waals surface area contributed by atoms with Gasteiger partial charge in [0, 0.05) is 12.1 Å². The van der Waals surface area contributed by atoms with E-state index in [4.69, 9.17) is 11.6 Å². The molecule has 1 fully saturated rings. The Morgan fingerprint density at radius 2 is 1.97 bits per heavy atom. The van der Waals surface area contributed by atoms with Crippen molar-refractivity contribution in [2.24, 2.45) is 13.0 Å². The van der Waals surface area contributed by atoms with Crippen molar-refractivity contribution in [1.82, 2.24) is 20.1 Å². The van der Waals surface area contributed by atoms with Crippen molar-refractivity contribution in [3.8, 4) is 11.4 Å². The highest BCUT2D eigenvalue weighted by molar-refractivity contribution is 7.99. The number of thioether (sulfide) groups is 1. The van der Waals surface area contributed by atoms with Crippen molar-refractivity contribution in [1.29, 1.82) is 0 Å². The molecule has 2 aromatic carbocycles. The maximum absolute atomic E-state index is 14.0. The first kappa shape index (κ1) is 19.9. The van der Waals surface area contributed by atoms with Crippen molar-refractivity contribution in [2.45, 2.75) is 24.0 Å². The summed E-state index contributed by atoms with van der Waals surface area (Å²) in [6.45, 7) is 0. The zero-order valence-electron chi connectivity index (χ0n) is 15.8. The van der Waals surface area contributed by atoms with Crippen molar-refractivity contribution in [3.05, 3.63) is 64.9 Å². The summed E-state index contributed by atoms with van der Waals surface area (Å²) < 4.78 is 15.7. The largest absolute Gasteiger partial charge is 0.348 e. The van der Waals surface area contributed by atoms with Gasteiger partial charge >= 0.3 is 0 Å². The van der Waals surface area contributed by atoms with Crippen molar-refractivity contribution < 1.29 is 9.18 Å². The van der Waals surface area contributed by atoms with Crippen molar-refractivity contribution >= 4 is 29.3 Å². The molecule has 0 unspecified atom stereocenters. The Morgan fingerprint density at radius 1 is 1.24 bits per heavy atom. The molecular weight excluding hydrogens is 411 g/mol. The molecule has 0 spiro atoms. The Bertz CT molecular complexity index is 1020. The fourth-order valence-electron chi connectivity index (χ4n) is 3.24. The van der Waals surface area contributed by atoms with Crippen LogP contribution in [-0.2, 0) is 11.8 Å². The Morgan fingerprint density at radius 3 is 2.66 bits per heavy atom. The molecule has 29 heavy (non-hydrogen) atoms. The summed E-state index contributed by atoms with van der Waals surface area (Å²) in [5.74, 6) is 0.681. The van der Waals surface area contributed by atoms with E-state index in [1.54, 1.807) is 29.8 Å². The summed E-state index contributed by atoms with van der Waals surface area (Å²) in [5.41, 5.74) is 1.45. The quantitative estimate of drug-likeness (QED) is 0.555. The number of halogens is 2. The van der Waals surface area contributed by atoms with Gasteiger partial charge in [-0.2, -0.15) is 0 Å². The summed E-state index contributed by atoms with van der Waals surface area (Å²) in [7, 11) is 1.77. The minimum Gasteiger partial charge on any atom is -0.348 e. The number of nitrogens with zero attached hydrogens (tertiary/aromatic N) is 3. The number of hydrogen-bond acceptors (Lipinski definition) is 4. The molecule has 5 nitrogen and oxygen atoms in total. The van der Waals surface area contributed by atoms with Crippen LogP contribution in [0.1, 0.15) is 24.4 Å². The average molecular weight is 431 g/mol. The number of amides is 1. The second kappa shape index (κ2) is 8.55. The van der Waals surface area contributed by atoms with Gasteiger partial charge in [0.2, 0.25) is 5.91 Å². The van der Waals surface area contributed by atoms with Gasteiger partial charge in [0.05, 0.1) is 17.4 Å². The molecule has 0 bridgehead atoms. The van der Waals surface area contributed by atoms with Gasteiger partial charge in [0.1, 0.15) is 5.82 Å². The Kier molecular flexibility index (Phi) is 5.87. The normalized spacial score (nSPS) is 14.6. The first-order chi connectivity index (χ1) is 14.0. The summed E-state index contributed by atoms with van der Waals surface area (Å²) in [4.78, 5) is 12.6. The second-order valence-corrected chi connectivity index (χ2v) is 8.45. The van der Waals surface area contributed by atoms with Crippen LogP contribution in [0.4, 0.5) is 4.39 Å². The van der Waals surface area contributed by atoms with Crippen LogP contribution in [0.15, 0.2) is 53.7 Å². The molecule has 1 atom stereocenters. The van der Waals surface area contributed by atoms with Gasteiger partial charge in [0.25, 0.3) is 0 Å². The first-order valence-corrected chi connectivity index (χ1v) is 10.7. The molecule has 1 aliphatic rings. The van der Waals surface area contributed by atoms with Crippen LogP contribution < -0.4 is 5.32 Å². The fourth-order valence-corrected chi connectivity index (χ4v) is 4.08. The van der Waals surface area contributed by atoms with Crippen LogP contribution in [0.5, 0.6) is 0 Å². The van der Waals surface area contributed by atoms with E-state index in [9.17, 15) is 9.18 Å². The monoisotopic (exact) mass is 430 g/mol. The van der Waals surface area contributed by atoms with E-state index >= 15 is 0 Å². The number of carbonyl (C=O) groups excluding carboxylic acids is 1. The van der Waals surface area contributed by atoms with E-state index in [-0.39, 0.29) is 23.5 Å². The van der Waals surface area contributed by atoms with Gasteiger partial charge in [-0.05, 0) is 48.6 Å². The maximum atomic E-state index is 14.0. The molecule has 1 heterocycles. The van der Waals surface area contributed by atoms with E-state index in [1.165, 1.54) is 17.8 Å². The summed E-state index contributed by atoms with van der Waals surface area (Å²) in [5, 5.41) is 12.6. The van der Waals surface area contributed by atoms with E-state index in [0.717, 1.165) is 18.4 Å². The second-order valence-electron chi connectivity index (χ2n) is 7.07. The predicted molar refractivity (Wildman–Crippen MR) is 112 cm³/mol. The number of benzene rings is 2. The Balaban J connectivity index is 1.41. The third-order valence-corrected chi connectivity index (χ3v) is 6.19. The SMILES string of the molecule is Cn1c(SCC(=O)N[C@H](c2ccc(Cl)cc2)C2CC2)nnc1-c1ccccc1F. The maximum Gasteiger partial charge on any atom is 0.230 e. The third kappa shape index (κ3) is 4.62. The van der Waals surface area contributed by atoms with E-state index < -0.39 is 0 Å². The highest BCUT2D eigenvalue weighted by Crippen LogP contribution is 2.41. The van der Waals surface area contributed by atoms with Gasteiger partial charge < -0.3 is 9.88 Å². The molecule has 1 N–H and O–H groups in total. The topological polar surface area (TPSA) is 59.8 Å². The number of hydrogen-bond donors (Lipinski definition) is 1. The minimum absolute atomic E-state index is 0.00570. The lowest BCUT2D eigenvalue weighted by Crippen LogP contribution is -2.31. The summed E-state index contributed by atoms with van der Waals surface area (Å²) >= 11 is 7.26. The molecule has 1 aromatic heterocycles. The van der Waals surface area contributed by atoms with Crippen LogP contribution in [0.3, 0.4) is 0 Å². The lowest BCUT2D eigenvalue weighted by atomic mass is 10.0. The number of rotatable bonds is 7. The van der Waals surface area contributed by atoms with Crippen LogP contribution in [0.2, 0.25) is 5.02 Å². The summed E-state index contributed by atoms with van der Waals surface area (Å²) in [6.07, 6.45) is 2.21. The van der Waals surface area contributed by atoms with Gasteiger partial charge in [-0.15, -0.1) is 10.2 Å². The van der Waals surface area contributed by atoms with Crippen molar-refractivity contribution in [2.75, 3.05) is 5.75 Å². The zero-order valence-corrected chi connectivity index (χ0v) is 17.4. The molecule has 1 amide bonds. The number of nitrogens with one attached hydrogen (secondary N) is 1. The predicted octanol–water partition coefficient (Wildman–Crippen LogP) is 4.63. The first-order valence-electron chi connectivity index (χ1n) is 9.35. The van der Waals surface area contributed by atoms with Gasteiger partial charge in [-0.25, -0.2) is 4.39 Å². The third-order valence-electron chi connectivity index (χ3n) is 4.92. The fraction of sp³-hybridized carbons (Fsp3) is 0.286. The minimum atomic E-state index is -0.354. The Labute approximate surface area is 177 Å². The lowest BCUT2D eigenvalue weighted by Gasteiger charge is -2.18. The van der Waals surface area contributed by atoms with Crippen LogP contribution in [-0.4, -0.2) is 26.4 Å². The molecule has 8 heteroatoms. The number of carbonyl (C=O) groups is 1. The molecule has 150 valence electrons. The van der Waals surface area contributed by atoms with Gasteiger partial charge in [-0.1, -0.05) is 47.6 Å². The highest BCUT2D eigenvalue weighted by Gasteiger charge is 2.33. The summed E-state index contributed by atoms with van der Waals surface area (Å²) in [6, 6.07) is 14.0. The van der Waals surface area contributed by atoms with Gasteiger partial charge in [0.15, 0.2) is 11.0 Å². The van der Waals surface area contributed by atoms with Crippen LogP contribution in [0, 0.1) is 11.7 Å². The van der Waals surface area contributed by atoms with Gasteiger partial charge in [-0.3, -0.25) is 4.79 Å². The Hall–Kier alpha value is -2.38. The van der Waals surface area contributed by atoms with E-state index in [1.807, 2.05) is 24.3 Å². The standard InChI is InChI=1S/C21H20ClFN4OS/c1-27-20(16-4-2-3-5-17(16)23)25-26-21(27)29-12-18(28)24-19(13-6-7-13)14-8-10-15(22)11-9-14/h2-5,8-11,13,19H,6-7,12H2,1H3,(H,24,28)/t19-/m0/s1. The molecule has 1 aliphatic carbocycles. The lowest BCUT2D eigenvalue weighted by molar-refractivity contribution is -0.119. The van der Waals surface area contributed by atoms with E-state index in [0.29, 0.717) is 27.5 Å². The molecule has 0 radical (unpaired) electrons. The van der Waals surface area contributed by atoms with E-state index in [2.05, 4.69) is 15.5 Å². The van der Waals surface area contributed by atoms with Crippen LogP contribution >= 0.6 is 23.4 Å².